The van der Waals surface area contributed by atoms with Gasteiger partial charge in [-0.2, -0.15) is 0 Å². The van der Waals surface area contributed by atoms with Gasteiger partial charge < -0.3 is 4.74 Å². The van der Waals surface area contributed by atoms with Crippen molar-refractivity contribution in [2.24, 2.45) is 0 Å². The van der Waals surface area contributed by atoms with Gasteiger partial charge in [-0.3, -0.25) is 0 Å². The molecule has 13 heavy (non-hydrogen) atoms. The molecule has 0 heterocycles. The highest BCUT2D eigenvalue weighted by Crippen LogP contribution is 2.18. The number of hydrogen-bond acceptors (Lipinski definition) is 2. The summed E-state index contributed by atoms with van der Waals surface area (Å²) in [6.45, 7) is 3.77. The highest BCUT2D eigenvalue weighted by atomic mass is 35.5. The van der Waals surface area contributed by atoms with Crippen molar-refractivity contribution in [2.75, 3.05) is 0 Å². The molecule has 0 saturated heterocycles. The predicted octanol–water partition coefficient (Wildman–Crippen LogP) is 3.43. The SMILES string of the molecule is Cc1cccc([C@@H](C)OC(=O)Cl)c1. The lowest BCUT2D eigenvalue weighted by atomic mass is 10.1. The molecule has 0 bridgehead atoms. The van der Waals surface area contributed by atoms with Crippen molar-refractivity contribution < 1.29 is 9.53 Å². The summed E-state index contributed by atoms with van der Waals surface area (Å²) in [7, 11) is 0. The van der Waals surface area contributed by atoms with Crippen LogP contribution in [0.1, 0.15) is 24.2 Å². The molecule has 3 heteroatoms. The second-order valence-electron chi connectivity index (χ2n) is 2.91. The molecular weight excluding hydrogens is 188 g/mol. The third kappa shape index (κ3) is 3.07. The molecule has 1 aromatic rings. The van der Waals surface area contributed by atoms with Crippen molar-refractivity contribution in [2.45, 2.75) is 20.0 Å². The first-order valence-electron chi connectivity index (χ1n) is 4.02. The molecule has 0 radical (unpaired) electrons. The molecule has 0 spiro atoms. The average Bonchev–Trinajstić information content (AvgIpc) is 2.03. The Morgan fingerprint density at radius 3 is 2.77 bits per heavy atom. The normalized spacial score (nSPS) is 12.2. The molecule has 1 rings (SSSR count). The van der Waals surface area contributed by atoms with E-state index in [0.717, 1.165) is 11.1 Å². The average molecular weight is 199 g/mol. The first-order chi connectivity index (χ1) is 6.09. The Morgan fingerprint density at radius 2 is 2.23 bits per heavy atom. The van der Waals surface area contributed by atoms with Crippen LogP contribution in [0.25, 0.3) is 0 Å². The van der Waals surface area contributed by atoms with Crippen LogP contribution in [0.4, 0.5) is 4.79 Å². The minimum absolute atomic E-state index is 0.287. The summed E-state index contributed by atoms with van der Waals surface area (Å²) >= 11 is 5.10. The van der Waals surface area contributed by atoms with Crippen LogP contribution in [-0.4, -0.2) is 5.43 Å². The molecule has 0 aromatic heterocycles. The summed E-state index contributed by atoms with van der Waals surface area (Å²) in [5, 5.41) is 0. The molecule has 0 amide bonds. The minimum Gasteiger partial charge on any atom is -0.446 e. The quantitative estimate of drug-likeness (QED) is 0.681. The Morgan fingerprint density at radius 1 is 1.54 bits per heavy atom. The molecule has 0 fully saturated rings. The van der Waals surface area contributed by atoms with Crippen LogP contribution >= 0.6 is 11.6 Å². The van der Waals surface area contributed by atoms with Crippen molar-refractivity contribution in [1.82, 2.24) is 0 Å². The maximum Gasteiger partial charge on any atom is 0.404 e. The Hall–Kier alpha value is -1.02. The highest BCUT2D eigenvalue weighted by molar-refractivity contribution is 6.61. The van der Waals surface area contributed by atoms with Crippen LogP contribution in [0, 0.1) is 6.92 Å². The van der Waals surface area contributed by atoms with Crippen molar-refractivity contribution >= 4 is 17.0 Å². The molecule has 70 valence electrons. The number of carbonyl (C=O) groups excluding carboxylic acids is 1. The standard InChI is InChI=1S/C10H11ClO2/c1-7-4-3-5-9(6-7)8(2)13-10(11)12/h3-6,8H,1-2H3/t8-/m1/s1. The van der Waals surface area contributed by atoms with Crippen LogP contribution in [0.5, 0.6) is 0 Å². The third-order valence-electron chi connectivity index (χ3n) is 1.78. The smallest absolute Gasteiger partial charge is 0.404 e. The van der Waals surface area contributed by atoms with E-state index in [2.05, 4.69) is 0 Å². The van der Waals surface area contributed by atoms with Crippen molar-refractivity contribution in [1.29, 1.82) is 0 Å². The molecule has 0 aliphatic heterocycles. The largest absolute Gasteiger partial charge is 0.446 e. The number of ether oxygens (including phenoxy) is 1. The van der Waals surface area contributed by atoms with E-state index in [4.69, 9.17) is 16.3 Å². The summed E-state index contributed by atoms with van der Waals surface area (Å²) in [5.74, 6) is 0. The zero-order valence-corrected chi connectivity index (χ0v) is 8.34. The zero-order valence-electron chi connectivity index (χ0n) is 7.58. The van der Waals surface area contributed by atoms with Gasteiger partial charge >= 0.3 is 5.43 Å². The minimum atomic E-state index is -0.769. The van der Waals surface area contributed by atoms with Gasteiger partial charge in [0.05, 0.1) is 0 Å². The summed E-state index contributed by atoms with van der Waals surface area (Å²) in [4.78, 5) is 10.5. The van der Waals surface area contributed by atoms with Crippen LogP contribution in [0.3, 0.4) is 0 Å². The van der Waals surface area contributed by atoms with E-state index in [0.29, 0.717) is 0 Å². The van der Waals surface area contributed by atoms with E-state index in [9.17, 15) is 4.79 Å². The lowest BCUT2D eigenvalue weighted by Gasteiger charge is -2.11. The fourth-order valence-electron chi connectivity index (χ4n) is 1.13. The Balaban J connectivity index is 2.76. The van der Waals surface area contributed by atoms with Crippen molar-refractivity contribution in [3.63, 3.8) is 0 Å². The zero-order chi connectivity index (χ0) is 9.84. The molecule has 0 aliphatic rings. The molecule has 0 N–H and O–H groups in total. The van der Waals surface area contributed by atoms with Crippen LogP contribution in [-0.2, 0) is 4.74 Å². The van der Waals surface area contributed by atoms with Gasteiger partial charge in [0.2, 0.25) is 0 Å². The van der Waals surface area contributed by atoms with E-state index in [1.165, 1.54) is 0 Å². The number of carbonyl (C=O) groups is 1. The first kappa shape index (κ1) is 10.1. The van der Waals surface area contributed by atoms with Gasteiger partial charge in [0, 0.05) is 11.6 Å². The van der Waals surface area contributed by atoms with Gasteiger partial charge in [-0.05, 0) is 19.4 Å². The fraction of sp³-hybridized carbons (Fsp3) is 0.300. The molecule has 0 aliphatic carbocycles. The van der Waals surface area contributed by atoms with Gasteiger partial charge in [0.25, 0.3) is 0 Å². The van der Waals surface area contributed by atoms with E-state index in [1.807, 2.05) is 31.2 Å². The van der Waals surface area contributed by atoms with Gasteiger partial charge in [0.1, 0.15) is 6.10 Å². The number of aryl methyl sites for hydroxylation is 1. The molecule has 1 atom stereocenters. The maximum atomic E-state index is 10.5. The summed E-state index contributed by atoms with van der Waals surface area (Å²) in [6, 6.07) is 7.77. The summed E-state index contributed by atoms with van der Waals surface area (Å²) < 4.78 is 4.82. The lowest BCUT2D eigenvalue weighted by molar-refractivity contribution is 0.132. The predicted molar refractivity (Wildman–Crippen MR) is 51.9 cm³/mol. The molecule has 2 nitrogen and oxygen atoms in total. The number of halogens is 1. The van der Waals surface area contributed by atoms with E-state index in [-0.39, 0.29) is 6.10 Å². The Kier molecular flexibility index (Phi) is 3.32. The van der Waals surface area contributed by atoms with Crippen LogP contribution in [0.2, 0.25) is 0 Å². The van der Waals surface area contributed by atoms with Gasteiger partial charge in [-0.1, -0.05) is 29.8 Å². The van der Waals surface area contributed by atoms with Crippen LogP contribution in [0.15, 0.2) is 24.3 Å². The van der Waals surface area contributed by atoms with Gasteiger partial charge in [-0.15, -0.1) is 0 Å². The van der Waals surface area contributed by atoms with E-state index < -0.39 is 5.43 Å². The summed E-state index contributed by atoms with van der Waals surface area (Å²) in [5.41, 5.74) is 1.32. The number of rotatable bonds is 2. The van der Waals surface area contributed by atoms with Crippen molar-refractivity contribution in [3.05, 3.63) is 35.4 Å². The van der Waals surface area contributed by atoms with E-state index in [1.54, 1.807) is 6.92 Å². The molecule has 0 saturated carbocycles. The summed E-state index contributed by atoms with van der Waals surface area (Å²) in [6.07, 6.45) is -0.287. The topological polar surface area (TPSA) is 26.3 Å². The van der Waals surface area contributed by atoms with Crippen LogP contribution < -0.4 is 0 Å². The fourth-order valence-corrected chi connectivity index (χ4v) is 1.26. The molecule has 0 unspecified atom stereocenters. The maximum absolute atomic E-state index is 10.5. The number of benzene rings is 1. The Labute approximate surface area is 82.5 Å². The van der Waals surface area contributed by atoms with E-state index >= 15 is 0 Å². The third-order valence-corrected chi connectivity index (χ3v) is 1.87. The Bertz CT molecular complexity index is 310. The monoisotopic (exact) mass is 198 g/mol. The van der Waals surface area contributed by atoms with Crippen molar-refractivity contribution in [3.8, 4) is 0 Å². The lowest BCUT2D eigenvalue weighted by Crippen LogP contribution is -2.01. The number of hydrogen-bond donors (Lipinski definition) is 0. The second kappa shape index (κ2) is 4.28. The second-order valence-corrected chi connectivity index (χ2v) is 3.22. The van der Waals surface area contributed by atoms with Gasteiger partial charge in [0.15, 0.2) is 0 Å². The molecular formula is C10H11ClO2. The first-order valence-corrected chi connectivity index (χ1v) is 4.40. The van der Waals surface area contributed by atoms with Gasteiger partial charge in [-0.25, -0.2) is 4.79 Å². The molecule has 1 aromatic carbocycles. The highest BCUT2D eigenvalue weighted by Gasteiger charge is 2.08.